The zero-order valence-corrected chi connectivity index (χ0v) is 12.1. The van der Waals surface area contributed by atoms with Gasteiger partial charge in [-0.25, -0.2) is 0 Å². The number of benzene rings is 2. The zero-order valence-electron chi connectivity index (χ0n) is 12.1. The zero-order chi connectivity index (χ0) is 14.0. The highest BCUT2D eigenvalue weighted by atomic mass is 16.5. The van der Waals surface area contributed by atoms with E-state index in [0.29, 0.717) is 0 Å². The van der Waals surface area contributed by atoms with Crippen molar-refractivity contribution in [2.24, 2.45) is 0 Å². The molecule has 0 atom stereocenters. The first-order valence-corrected chi connectivity index (χ1v) is 7.27. The lowest BCUT2D eigenvalue weighted by molar-refractivity contribution is 0.141. The van der Waals surface area contributed by atoms with Crippen LogP contribution < -0.4 is 5.32 Å². The van der Waals surface area contributed by atoms with Crippen LogP contribution in [0.15, 0.2) is 54.6 Å². The Kier molecular flexibility index (Phi) is 6.12. The Balaban J connectivity index is 1.53. The van der Waals surface area contributed by atoms with Crippen molar-refractivity contribution in [2.75, 3.05) is 25.1 Å². The van der Waals surface area contributed by atoms with Crippen LogP contribution in [0.4, 0.5) is 5.69 Å². The van der Waals surface area contributed by atoms with Gasteiger partial charge in [-0.1, -0.05) is 48.5 Å². The van der Waals surface area contributed by atoms with E-state index >= 15 is 0 Å². The molecule has 0 heterocycles. The van der Waals surface area contributed by atoms with E-state index in [1.54, 1.807) is 0 Å². The molecule has 2 heteroatoms. The minimum Gasteiger partial charge on any atom is -0.383 e. The standard InChI is InChI=1S/C18H23NO/c1-16-8-5-6-12-18(16)19-13-15-20-14-7-11-17-9-3-2-4-10-17/h2-6,8-10,12,19H,7,11,13-15H2,1H3. The summed E-state index contributed by atoms with van der Waals surface area (Å²) in [4.78, 5) is 0. The Labute approximate surface area is 121 Å². The van der Waals surface area contributed by atoms with E-state index < -0.39 is 0 Å². The van der Waals surface area contributed by atoms with E-state index in [2.05, 4.69) is 66.8 Å². The van der Waals surface area contributed by atoms with Crippen molar-refractivity contribution in [1.82, 2.24) is 0 Å². The van der Waals surface area contributed by atoms with Crippen LogP contribution in [0.2, 0.25) is 0 Å². The van der Waals surface area contributed by atoms with Crippen molar-refractivity contribution in [1.29, 1.82) is 0 Å². The lowest BCUT2D eigenvalue weighted by Crippen LogP contribution is -2.11. The molecule has 0 bridgehead atoms. The molecule has 2 nitrogen and oxygen atoms in total. The van der Waals surface area contributed by atoms with Gasteiger partial charge in [0.1, 0.15) is 0 Å². The van der Waals surface area contributed by atoms with Crippen molar-refractivity contribution in [3.05, 3.63) is 65.7 Å². The molecule has 0 saturated heterocycles. The molecule has 0 aliphatic rings. The van der Waals surface area contributed by atoms with Gasteiger partial charge in [-0.2, -0.15) is 0 Å². The summed E-state index contributed by atoms with van der Waals surface area (Å²) in [7, 11) is 0. The van der Waals surface area contributed by atoms with Crippen molar-refractivity contribution in [3.63, 3.8) is 0 Å². The lowest BCUT2D eigenvalue weighted by atomic mass is 10.1. The van der Waals surface area contributed by atoms with Crippen molar-refractivity contribution in [2.45, 2.75) is 19.8 Å². The molecule has 106 valence electrons. The maximum absolute atomic E-state index is 5.65. The highest BCUT2D eigenvalue weighted by Crippen LogP contribution is 2.12. The number of para-hydroxylation sites is 1. The molecule has 0 aliphatic heterocycles. The number of anilines is 1. The van der Waals surface area contributed by atoms with Crippen LogP contribution >= 0.6 is 0 Å². The fourth-order valence-electron chi connectivity index (χ4n) is 2.15. The van der Waals surface area contributed by atoms with Crippen LogP contribution in [0.25, 0.3) is 0 Å². The molecule has 0 aliphatic carbocycles. The van der Waals surface area contributed by atoms with Gasteiger partial charge in [0.25, 0.3) is 0 Å². The number of hydrogen-bond donors (Lipinski definition) is 1. The fraction of sp³-hybridized carbons (Fsp3) is 0.333. The Morgan fingerprint density at radius 2 is 1.65 bits per heavy atom. The van der Waals surface area contributed by atoms with E-state index in [-0.39, 0.29) is 0 Å². The number of rotatable bonds is 8. The second-order valence-electron chi connectivity index (χ2n) is 4.94. The second kappa shape index (κ2) is 8.39. The quantitative estimate of drug-likeness (QED) is 0.730. The predicted molar refractivity (Wildman–Crippen MR) is 85.3 cm³/mol. The molecule has 0 radical (unpaired) electrons. The fourth-order valence-corrected chi connectivity index (χ4v) is 2.15. The van der Waals surface area contributed by atoms with Gasteiger partial charge in [0.05, 0.1) is 6.61 Å². The molecule has 0 spiro atoms. The summed E-state index contributed by atoms with van der Waals surface area (Å²) in [6, 6.07) is 18.9. The monoisotopic (exact) mass is 269 g/mol. The summed E-state index contributed by atoms with van der Waals surface area (Å²) in [5.74, 6) is 0. The number of nitrogens with one attached hydrogen (secondary N) is 1. The van der Waals surface area contributed by atoms with Crippen LogP contribution in [-0.2, 0) is 11.2 Å². The topological polar surface area (TPSA) is 21.3 Å². The van der Waals surface area contributed by atoms with Crippen LogP contribution in [0.3, 0.4) is 0 Å². The molecule has 0 amide bonds. The minimum absolute atomic E-state index is 0.753. The van der Waals surface area contributed by atoms with Gasteiger partial charge in [0.15, 0.2) is 0 Å². The van der Waals surface area contributed by atoms with Gasteiger partial charge in [-0.15, -0.1) is 0 Å². The van der Waals surface area contributed by atoms with Crippen molar-refractivity contribution < 1.29 is 4.74 Å². The summed E-state index contributed by atoms with van der Waals surface area (Å²) in [6.45, 7) is 4.55. The Morgan fingerprint density at radius 1 is 0.900 bits per heavy atom. The molecule has 0 saturated carbocycles. The average molecular weight is 269 g/mol. The third kappa shape index (κ3) is 5.06. The maximum atomic E-state index is 5.65. The maximum Gasteiger partial charge on any atom is 0.0639 e. The summed E-state index contributed by atoms with van der Waals surface area (Å²) in [5.41, 5.74) is 3.85. The molecule has 2 rings (SSSR count). The highest BCUT2D eigenvalue weighted by molar-refractivity contribution is 5.50. The normalized spacial score (nSPS) is 10.4. The predicted octanol–water partition coefficient (Wildman–Crippen LogP) is 4.06. The van der Waals surface area contributed by atoms with E-state index in [9.17, 15) is 0 Å². The third-order valence-corrected chi connectivity index (χ3v) is 3.30. The Bertz CT molecular complexity index is 496. The minimum atomic E-state index is 0.753. The van der Waals surface area contributed by atoms with Crippen LogP contribution in [0, 0.1) is 6.92 Å². The van der Waals surface area contributed by atoms with Gasteiger partial charge in [0, 0.05) is 18.8 Å². The van der Waals surface area contributed by atoms with Crippen molar-refractivity contribution in [3.8, 4) is 0 Å². The molecular formula is C18H23NO. The summed E-state index contributed by atoms with van der Waals surface area (Å²) in [6.07, 6.45) is 2.17. The Morgan fingerprint density at radius 3 is 2.45 bits per heavy atom. The van der Waals surface area contributed by atoms with Crippen LogP contribution in [0.5, 0.6) is 0 Å². The van der Waals surface area contributed by atoms with Crippen LogP contribution in [0.1, 0.15) is 17.5 Å². The SMILES string of the molecule is Cc1ccccc1NCCOCCCc1ccccc1. The second-order valence-corrected chi connectivity index (χ2v) is 4.94. The largest absolute Gasteiger partial charge is 0.383 e. The number of hydrogen-bond acceptors (Lipinski definition) is 2. The summed E-state index contributed by atoms with van der Waals surface area (Å²) >= 11 is 0. The molecule has 0 fully saturated rings. The smallest absolute Gasteiger partial charge is 0.0639 e. The lowest BCUT2D eigenvalue weighted by Gasteiger charge is -2.09. The summed E-state index contributed by atoms with van der Waals surface area (Å²) in [5, 5.41) is 3.40. The van der Waals surface area contributed by atoms with E-state index in [4.69, 9.17) is 4.74 Å². The number of aryl methyl sites for hydroxylation is 2. The molecule has 20 heavy (non-hydrogen) atoms. The Hall–Kier alpha value is -1.80. The first-order valence-electron chi connectivity index (χ1n) is 7.27. The molecule has 1 N–H and O–H groups in total. The first-order chi connectivity index (χ1) is 9.86. The molecule has 2 aromatic carbocycles. The third-order valence-electron chi connectivity index (χ3n) is 3.30. The first kappa shape index (κ1) is 14.6. The van der Waals surface area contributed by atoms with Gasteiger partial charge >= 0.3 is 0 Å². The molecule has 2 aromatic rings. The van der Waals surface area contributed by atoms with Gasteiger partial charge in [0.2, 0.25) is 0 Å². The van der Waals surface area contributed by atoms with Gasteiger partial charge in [-0.3, -0.25) is 0 Å². The number of ether oxygens (including phenoxy) is 1. The van der Waals surface area contributed by atoms with E-state index in [1.807, 2.05) is 0 Å². The van der Waals surface area contributed by atoms with E-state index in [0.717, 1.165) is 32.6 Å². The van der Waals surface area contributed by atoms with Gasteiger partial charge in [-0.05, 0) is 37.0 Å². The molecular weight excluding hydrogens is 246 g/mol. The average Bonchev–Trinajstić information content (AvgIpc) is 2.49. The van der Waals surface area contributed by atoms with Crippen LogP contribution in [-0.4, -0.2) is 19.8 Å². The summed E-state index contributed by atoms with van der Waals surface area (Å²) < 4.78 is 5.65. The van der Waals surface area contributed by atoms with Gasteiger partial charge < -0.3 is 10.1 Å². The highest BCUT2D eigenvalue weighted by Gasteiger charge is 1.96. The van der Waals surface area contributed by atoms with Crippen molar-refractivity contribution >= 4 is 5.69 Å². The molecule has 0 unspecified atom stereocenters. The van der Waals surface area contributed by atoms with E-state index in [1.165, 1.54) is 16.8 Å². The molecule has 0 aromatic heterocycles.